The molecule has 3 rings (SSSR count). The summed E-state index contributed by atoms with van der Waals surface area (Å²) in [7, 11) is 3.68. The van der Waals surface area contributed by atoms with E-state index in [1.54, 1.807) is 13.1 Å². The van der Waals surface area contributed by atoms with E-state index in [1.165, 1.54) is 33.4 Å². The molecule has 0 aliphatic rings. The molecular weight excluding hydrogens is 434 g/mol. The Labute approximate surface area is 213 Å². The summed E-state index contributed by atoms with van der Waals surface area (Å²) in [6.07, 6.45) is 4.74. The molecule has 1 unspecified atom stereocenters. The van der Waals surface area contributed by atoms with Gasteiger partial charge < -0.3 is 11.1 Å². The largest absolute Gasteiger partial charge is 0.397 e. The van der Waals surface area contributed by atoms with Crippen LogP contribution in [0.5, 0.6) is 0 Å². The van der Waals surface area contributed by atoms with Crippen LogP contribution in [0, 0.1) is 6.92 Å². The van der Waals surface area contributed by atoms with Crippen LogP contribution in [-0.2, 0) is 12.8 Å². The Balaban J connectivity index is 0.000000872. The number of allylic oxidation sites excluding steroid dienone is 1. The van der Waals surface area contributed by atoms with E-state index in [0.29, 0.717) is 5.92 Å². The average molecular weight is 478 g/mol. The van der Waals surface area contributed by atoms with Crippen molar-refractivity contribution in [1.82, 2.24) is 4.72 Å². The predicted molar refractivity (Wildman–Crippen MR) is 156 cm³/mol. The lowest BCUT2D eigenvalue weighted by Gasteiger charge is -2.21. The van der Waals surface area contributed by atoms with Gasteiger partial charge in [-0.15, -0.1) is 6.58 Å². The topological polar surface area (TPSA) is 50.1 Å². The SMILES string of the molecule is C=CC.CCc1cc(C(CC)c2ccc(C)c(Cc3ccccc3)c2)cc(N)c1NC.CNS. The Bertz CT molecular complexity index is 999. The Hall–Kier alpha value is -2.69. The van der Waals surface area contributed by atoms with Gasteiger partial charge in [0.1, 0.15) is 0 Å². The van der Waals surface area contributed by atoms with Crippen molar-refractivity contribution in [3.8, 4) is 0 Å². The molecule has 0 bridgehead atoms. The number of hydrogen-bond acceptors (Lipinski definition) is 4. The molecule has 0 aromatic heterocycles. The molecule has 3 aromatic rings. The second-order valence-corrected chi connectivity index (χ2v) is 8.64. The van der Waals surface area contributed by atoms with Gasteiger partial charge in [-0.3, -0.25) is 4.72 Å². The lowest BCUT2D eigenvalue weighted by atomic mass is 9.85. The van der Waals surface area contributed by atoms with Crippen LogP contribution in [0.4, 0.5) is 11.4 Å². The summed E-state index contributed by atoms with van der Waals surface area (Å²) in [4.78, 5) is 0. The van der Waals surface area contributed by atoms with E-state index in [2.05, 4.69) is 111 Å². The fourth-order valence-electron chi connectivity index (χ4n) is 4.12. The molecule has 0 aliphatic heterocycles. The number of thiol groups is 1. The normalized spacial score (nSPS) is 10.8. The fourth-order valence-corrected chi connectivity index (χ4v) is 4.12. The van der Waals surface area contributed by atoms with Crippen molar-refractivity contribution in [3.05, 3.63) is 107 Å². The zero-order chi connectivity index (χ0) is 25.5. The summed E-state index contributed by atoms with van der Waals surface area (Å²) in [5.41, 5.74) is 16.3. The average Bonchev–Trinajstić information content (AvgIpc) is 2.83. The Morgan fingerprint density at radius 1 is 0.971 bits per heavy atom. The number of nitrogens with one attached hydrogen (secondary N) is 2. The Morgan fingerprint density at radius 3 is 2.09 bits per heavy atom. The van der Waals surface area contributed by atoms with Crippen LogP contribution in [0.2, 0.25) is 0 Å². The smallest absolute Gasteiger partial charge is 0.0603 e. The standard InChI is InChI=1S/C26H32N2.C3H6.CH5NS/c1-5-20-15-23(17-25(27)26(20)28-4)24(6-2)21-13-12-18(3)22(16-21)14-19-10-8-7-9-11-19;1-3-2;1-2-3/h7-13,15-17,24,28H,5-6,14,27H2,1-4H3;3H,1H2,2H3;2-3H,1H3. The molecule has 0 amide bonds. The van der Waals surface area contributed by atoms with Gasteiger partial charge in [-0.05, 0) is 79.6 Å². The number of rotatable bonds is 7. The summed E-state index contributed by atoms with van der Waals surface area (Å²) >= 11 is 3.54. The summed E-state index contributed by atoms with van der Waals surface area (Å²) < 4.78 is 2.44. The molecule has 0 radical (unpaired) electrons. The van der Waals surface area contributed by atoms with Crippen molar-refractivity contribution in [2.45, 2.75) is 52.9 Å². The molecule has 0 spiro atoms. The zero-order valence-electron chi connectivity index (χ0n) is 21.8. The van der Waals surface area contributed by atoms with Gasteiger partial charge in [0, 0.05) is 13.0 Å². The summed E-state index contributed by atoms with van der Waals surface area (Å²) in [5.74, 6) is 0.355. The highest BCUT2D eigenvalue weighted by molar-refractivity contribution is 7.78. The summed E-state index contributed by atoms with van der Waals surface area (Å²) in [6, 6.07) is 22.1. The van der Waals surface area contributed by atoms with E-state index >= 15 is 0 Å². The number of benzene rings is 3. The molecule has 0 heterocycles. The van der Waals surface area contributed by atoms with E-state index in [1.807, 2.05) is 14.0 Å². The maximum atomic E-state index is 6.37. The summed E-state index contributed by atoms with van der Waals surface area (Å²) in [6.45, 7) is 11.9. The highest BCUT2D eigenvalue weighted by atomic mass is 32.1. The number of nitrogen functional groups attached to an aromatic ring is 1. The minimum atomic E-state index is 0.355. The molecule has 4 N–H and O–H groups in total. The molecule has 0 aliphatic carbocycles. The minimum Gasteiger partial charge on any atom is -0.397 e. The number of anilines is 2. The van der Waals surface area contributed by atoms with Crippen LogP contribution in [-0.4, -0.2) is 14.1 Å². The van der Waals surface area contributed by atoms with Crippen LogP contribution in [0.3, 0.4) is 0 Å². The van der Waals surface area contributed by atoms with Gasteiger partial charge in [0.2, 0.25) is 0 Å². The molecule has 0 fully saturated rings. The first-order chi connectivity index (χ1) is 16.4. The van der Waals surface area contributed by atoms with E-state index in [9.17, 15) is 0 Å². The third-order valence-electron chi connectivity index (χ3n) is 5.73. The molecule has 3 nitrogen and oxygen atoms in total. The van der Waals surface area contributed by atoms with Crippen molar-refractivity contribution in [2.75, 3.05) is 25.1 Å². The second-order valence-electron chi connectivity index (χ2n) is 8.19. The van der Waals surface area contributed by atoms with Gasteiger partial charge in [-0.2, -0.15) is 0 Å². The zero-order valence-corrected chi connectivity index (χ0v) is 22.7. The van der Waals surface area contributed by atoms with E-state index < -0.39 is 0 Å². The maximum absolute atomic E-state index is 6.37. The van der Waals surface area contributed by atoms with Crippen LogP contribution in [0.25, 0.3) is 0 Å². The molecule has 184 valence electrons. The van der Waals surface area contributed by atoms with Crippen LogP contribution >= 0.6 is 12.8 Å². The quantitative estimate of drug-likeness (QED) is 0.161. The highest BCUT2D eigenvalue weighted by Gasteiger charge is 2.17. The van der Waals surface area contributed by atoms with Gasteiger partial charge >= 0.3 is 0 Å². The first-order valence-electron chi connectivity index (χ1n) is 12.0. The lowest BCUT2D eigenvalue weighted by Crippen LogP contribution is -2.06. The first kappa shape index (κ1) is 29.3. The number of hydrogen-bond donors (Lipinski definition) is 4. The number of nitrogens with two attached hydrogens (primary N) is 1. The van der Waals surface area contributed by atoms with Gasteiger partial charge in [0.15, 0.2) is 0 Å². The fraction of sp³-hybridized carbons (Fsp3) is 0.333. The molecule has 0 saturated heterocycles. The first-order valence-corrected chi connectivity index (χ1v) is 12.5. The van der Waals surface area contributed by atoms with E-state index in [-0.39, 0.29) is 0 Å². The van der Waals surface area contributed by atoms with Gasteiger partial charge in [0.05, 0.1) is 11.4 Å². The van der Waals surface area contributed by atoms with Crippen molar-refractivity contribution < 1.29 is 0 Å². The van der Waals surface area contributed by atoms with E-state index in [4.69, 9.17) is 5.73 Å². The Morgan fingerprint density at radius 2 is 1.56 bits per heavy atom. The third-order valence-corrected chi connectivity index (χ3v) is 5.73. The Kier molecular flexibility index (Phi) is 13.8. The second kappa shape index (κ2) is 16.0. The van der Waals surface area contributed by atoms with Crippen molar-refractivity contribution in [1.29, 1.82) is 0 Å². The minimum absolute atomic E-state index is 0.355. The van der Waals surface area contributed by atoms with Crippen molar-refractivity contribution in [2.24, 2.45) is 0 Å². The highest BCUT2D eigenvalue weighted by Crippen LogP contribution is 2.35. The number of aryl methyl sites for hydroxylation is 2. The predicted octanol–water partition coefficient (Wildman–Crippen LogP) is 7.56. The molecule has 34 heavy (non-hydrogen) atoms. The van der Waals surface area contributed by atoms with Crippen molar-refractivity contribution in [3.63, 3.8) is 0 Å². The van der Waals surface area contributed by atoms with Crippen molar-refractivity contribution >= 4 is 24.2 Å². The molecule has 3 aromatic carbocycles. The monoisotopic (exact) mass is 477 g/mol. The molecule has 1 atom stereocenters. The maximum Gasteiger partial charge on any atom is 0.0603 e. The third kappa shape index (κ3) is 8.58. The van der Waals surface area contributed by atoms with Gasteiger partial charge in [0.25, 0.3) is 0 Å². The van der Waals surface area contributed by atoms with E-state index in [0.717, 1.165) is 30.6 Å². The molecule has 4 heteroatoms. The molecular formula is C30H43N3S. The molecule has 0 saturated carbocycles. The lowest BCUT2D eigenvalue weighted by molar-refractivity contribution is 0.774. The van der Waals surface area contributed by atoms with Gasteiger partial charge in [-0.25, -0.2) is 0 Å². The van der Waals surface area contributed by atoms with Crippen LogP contribution < -0.4 is 15.8 Å². The van der Waals surface area contributed by atoms with Crippen LogP contribution in [0.1, 0.15) is 66.5 Å². The summed E-state index contributed by atoms with van der Waals surface area (Å²) in [5, 5.41) is 3.26. The van der Waals surface area contributed by atoms with Gasteiger partial charge in [-0.1, -0.05) is 87.3 Å². The van der Waals surface area contributed by atoms with Crippen LogP contribution in [0.15, 0.2) is 73.3 Å².